The second kappa shape index (κ2) is 7.59. The molecule has 26 heavy (non-hydrogen) atoms. The zero-order valence-electron chi connectivity index (χ0n) is 15.0. The smallest absolute Gasteiger partial charge is 0.133 e. The van der Waals surface area contributed by atoms with Crippen molar-refractivity contribution in [2.45, 2.75) is 26.1 Å². The van der Waals surface area contributed by atoms with E-state index in [-0.39, 0.29) is 0 Å². The second-order valence-electron chi connectivity index (χ2n) is 6.77. The van der Waals surface area contributed by atoms with Gasteiger partial charge in [0.2, 0.25) is 0 Å². The van der Waals surface area contributed by atoms with Crippen LogP contribution >= 0.6 is 0 Å². The van der Waals surface area contributed by atoms with Crippen molar-refractivity contribution in [3.63, 3.8) is 0 Å². The van der Waals surface area contributed by atoms with E-state index in [1.165, 1.54) is 16.7 Å². The van der Waals surface area contributed by atoms with E-state index in [1.54, 1.807) is 6.26 Å². The molecule has 0 bridgehead atoms. The number of rotatable bonds is 6. The van der Waals surface area contributed by atoms with E-state index in [1.807, 2.05) is 6.07 Å². The lowest BCUT2D eigenvalue weighted by Gasteiger charge is -2.30. The van der Waals surface area contributed by atoms with Crippen molar-refractivity contribution in [1.82, 2.24) is 4.90 Å². The summed E-state index contributed by atoms with van der Waals surface area (Å²) in [5, 5.41) is 1.16. The van der Waals surface area contributed by atoms with Crippen LogP contribution in [0.1, 0.15) is 29.7 Å². The third-order valence-electron chi connectivity index (χ3n) is 4.96. The molecule has 2 nitrogen and oxygen atoms in total. The first-order valence-electron chi connectivity index (χ1n) is 9.09. The molecule has 0 amide bonds. The van der Waals surface area contributed by atoms with Crippen LogP contribution < -0.4 is 0 Å². The van der Waals surface area contributed by atoms with Gasteiger partial charge < -0.3 is 4.42 Å². The number of benzene rings is 3. The molecule has 3 aromatic carbocycles. The van der Waals surface area contributed by atoms with Crippen LogP contribution in [0.4, 0.5) is 0 Å². The van der Waals surface area contributed by atoms with Gasteiger partial charge in [0.1, 0.15) is 5.58 Å². The average molecular weight is 341 g/mol. The zero-order chi connectivity index (χ0) is 17.8. The topological polar surface area (TPSA) is 16.4 Å². The van der Waals surface area contributed by atoms with Crippen molar-refractivity contribution >= 4 is 11.0 Å². The van der Waals surface area contributed by atoms with Crippen LogP contribution in [0.3, 0.4) is 0 Å². The lowest BCUT2D eigenvalue weighted by Crippen LogP contribution is -2.26. The molecule has 0 N–H and O–H groups in total. The molecule has 0 spiro atoms. The Bertz CT molecular complexity index is 918. The Hall–Kier alpha value is -2.84. The maximum absolute atomic E-state index is 5.49. The summed E-state index contributed by atoms with van der Waals surface area (Å²) in [5.41, 5.74) is 4.92. The van der Waals surface area contributed by atoms with Crippen molar-refractivity contribution in [1.29, 1.82) is 0 Å². The Morgan fingerprint density at radius 3 is 2.00 bits per heavy atom. The molecule has 4 rings (SSSR count). The van der Waals surface area contributed by atoms with Gasteiger partial charge in [-0.25, -0.2) is 0 Å². The van der Waals surface area contributed by atoms with Gasteiger partial charge in [-0.15, -0.1) is 0 Å². The Morgan fingerprint density at radius 2 is 1.38 bits per heavy atom. The normalized spacial score (nSPS) is 12.5. The minimum atomic E-state index is 0.301. The Kier molecular flexibility index (Phi) is 4.85. The molecule has 130 valence electrons. The number of fused-ring (bicyclic) bond motifs is 1. The molecule has 0 radical (unpaired) electrons. The summed E-state index contributed by atoms with van der Waals surface area (Å²) in [5.74, 6) is 0. The highest BCUT2D eigenvalue weighted by Gasteiger charge is 2.17. The van der Waals surface area contributed by atoms with Gasteiger partial charge in [-0.1, -0.05) is 66.7 Å². The van der Waals surface area contributed by atoms with Crippen molar-refractivity contribution in [2.24, 2.45) is 0 Å². The van der Waals surface area contributed by atoms with Gasteiger partial charge in [-0.2, -0.15) is 0 Å². The molecule has 0 saturated carbocycles. The first-order valence-corrected chi connectivity index (χ1v) is 9.09. The maximum atomic E-state index is 5.49. The number of hydrogen-bond donors (Lipinski definition) is 0. The molecule has 0 aliphatic heterocycles. The van der Waals surface area contributed by atoms with E-state index in [0.29, 0.717) is 6.04 Å². The fourth-order valence-electron chi connectivity index (χ4n) is 3.42. The fourth-order valence-corrected chi connectivity index (χ4v) is 3.42. The van der Waals surface area contributed by atoms with Gasteiger partial charge in [0.15, 0.2) is 0 Å². The largest absolute Gasteiger partial charge is 0.464 e. The van der Waals surface area contributed by atoms with Crippen LogP contribution in [0.2, 0.25) is 0 Å². The van der Waals surface area contributed by atoms with E-state index >= 15 is 0 Å². The monoisotopic (exact) mass is 341 g/mol. The van der Waals surface area contributed by atoms with Crippen LogP contribution in [0.25, 0.3) is 11.0 Å². The summed E-state index contributed by atoms with van der Waals surface area (Å²) in [6.45, 7) is 4.12. The quantitative estimate of drug-likeness (QED) is 0.415. The standard InChI is InChI=1S/C24H23NO/c1-19(22-12-13-24-23(16-22)14-15-26-24)25(17-20-8-4-2-5-9-20)18-21-10-6-3-7-11-21/h2-16,19H,17-18H2,1H3/t19-/m0/s1. The van der Waals surface area contributed by atoms with Gasteiger partial charge in [0, 0.05) is 24.5 Å². The van der Waals surface area contributed by atoms with Crippen LogP contribution in [0, 0.1) is 0 Å². The van der Waals surface area contributed by atoms with Crippen LogP contribution in [-0.4, -0.2) is 4.90 Å². The third-order valence-corrected chi connectivity index (χ3v) is 4.96. The van der Waals surface area contributed by atoms with Gasteiger partial charge in [0.25, 0.3) is 0 Å². The van der Waals surface area contributed by atoms with E-state index in [0.717, 1.165) is 24.1 Å². The minimum absolute atomic E-state index is 0.301. The first-order chi connectivity index (χ1) is 12.8. The number of furan rings is 1. The van der Waals surface area contributed by atoms with Crippen molar-refractivity contribution in [2.75, 3.05) is 0 Å². The predicted octanol–water partition coefficient (Wildman–Crippen LogP) is 6.20. The molecule has 0 aliphatic rings. The van der Waals surface area contributed by atoms with E-state index < -0.39 is 0 Å². The molecule has 0 fully saturated rings. The molecule has 2 heteroatoms. The summed E-state index contributed by atoms with van der Waals surface area (Å²) in [4.78, 5) is 2.52. The fraction of sp³-hybridized carbons (Fsp3) is 0.167. The van der Waals surface area contributed by atoms with Crippen molar-refractivity contribution < 1.29 is 4.42 Å². The molecular weight excluding hydrogens is 318 g/mol. The first kappa shape index (κ1) is 16.6. The van der Waals surface area contributed by atoms with Crippen LogP contribution in [-0.2, 0) is 13.1 Å². The summed E-state index contributed by atoms with van der Waals surface area (Å²) < 4.78 is 5.49. The summed E-state index contributed by atoms with van der Waals surface area (Å²) in [7, 11) is 0. The highest BCUT2D eigenvalue weighted by molar-refractivity contribution is 5.77. The summed E-state index contributed by atoms with van der Waals surface area (Å²) >= 11 is 0. The van der Waals surface area contributed by atoms with Crippen LogP contribution in [0.15, 0.2) is 95.6 Å². The number of nitrogens with zero attached hydrogens (tertiary/aromatic N) is 1. The molecule has 1 atom stereocenters. The molecule has 0 saturated heterocycles. The Labute approximate surface area is 154 Å². The van der Waals surface area contributed by atoms with Gasteiger partial charge >= 0.3 is 0 Å². The molecular formula is C24H23NO. The number of hydrogen-bond acceptors (Lipinski definition) is 2. The van der Waals surface area contributed by atoms with Crippen LogP contribution in [0.5, 0.6) is 0 Å². The van der Waals surface area contributed by atoms with Crippen molar-refractivity contribution in [3.8, 4) is 0 Å². The Morgan fingerprint density at radius 1 is 0.769 bits per heavy atom. The molecule has 1 aromatic heterocycles. The molecule has 0 aliphatic carbocycles. The van der Waals surface area contributed by atoms with E-state index in [4.69, 9.17) is 4.42 Å². The molecule has 0 unspecified atom stereocenters. The summed E-state index contributed by atoms with van der Waals surface area (Å²) in [6, 6.07) is 30.2. The van der Waals surface area contributed by atoms with E-state index in [9.17, 15) is 0 Å². The lowest BCUT2D eigenvalue weighted by molar-refractivity contribution is 0.192. The average Bonchev–Trinajstić information content (AvgIpc) is 3.16. The zero-order valence-corrected chi connectivity index (χ0v) is 15.0. The third kappa shape index (κ3) is 3.71. The van der Waals surface area contributed by atoms with Crippen molar-refractivity contribution in [3.05, 3.63) is 108 Å². The second-order valence-corrected chi connectivity index (χ2v) is 6.77. The maximum Gasteiger partial charge on any atom is 0.133 e. The van der Waals surface area contributed by atoms with Gasteiger partial charge in [0.05, 0.1) is 6.26 Å². The molecule has 1 heterocycles. The highest BCUT2D eigenvalue weighted by atomic mass is 16.3. The van der Waals surface area contributed by atoms with Gasteiger partial charge in [-0.3, -0.25) is 4.90 Å². The predicted molar refractivity (Wildman–Crippen MR) is 107 cm³/mol. The summed E-state index contributed by atoms with van der Waals surface area (Å²) in [6.07, 6.45) is 1.75. The SMILES string of the molecule is C[C@@H](c1ccc2occc2c1)N(Cc1ccccc1)Cc1ccccc1. The lowest BCUT2D eigenvalue weighted by atomic mass is 10.0. The van der Waals surface area contributed by atoms with Gasteiger partial charge in [-0.05, 0) is 41.8 Å². The molecule has 4 aromatic rings. The highest BCUT2D eigenvalue weighted by Crippen LogP contribution is 2.27. The minimum Gasteiger partial charge on any atom is -0.464 e. The van der Waals surface area contributed by atoms with E-state index in [2.05, 4.69) is 90.7 Å². The Balaban J connectivity index is 1.63.